The molecule has 0 saturated heterocycles. The van der Waals surface area contributed by atoms with Gasteiger partial charge < -0.3 is 14.9 Å². The number of rotatable bonds is 6. The van der Waals surface area contributed by atoms with Crippen LogP contribution in [-0.2, 0) is 19.6 Å². The quantitative estimate of drug-likeness (QED) is 0.605. The van der Waals surface area contributed by atoms with E-state index in [0.29, 0.717) is 0 Å². The number of esters is 1. The molecule has 0 radical (unpaired) electrons. The Balaban J connectivity index is 3.21. The van der Waals surface area contributed by atoms with Crippen LogP contribution in [0.5, 0.6) is 0 Å². The highest BCUT2D eigenvalue weighted by Gasteiger charge is 2.31. The van der Waals surface area contributed by atoms with Crippen LogP contribution in [0.2, 0.25) is 0 Å². The topological polar surface area (TPSA) is 130 Å². The van der Waals surface area contributed by atoms with E-state index >= 15 is 0 Å². The van der Waals surface area contributed by atoms with Gasteiger partial charge in [0.25, 0.3) is 0 Å². The van der Waals surface area contributed by atoms with Crippen molar-refractivity contribution in [3.63, 3.8) is 0 Å². The van der Waals surface area contributed by atoms with Crippen LogP contribution in [0.3, 0.4) is 0 Å². The van der Waals surface area contributed by atoms with E-state index in [9.17, 15) is 18.0 Å². The summed E-state index contributed by atoms with van der Waals surface area (Å²) in [6.07, 6.45) is 0. The Bertz CT molecular complexity index is 620. The summed E-state index contributed by atoms with van der Waals surface area (Å²) in [7, 11) is -3.23. The van der Waals surface area contributed by atoms with Crippen molar-refractivity contribution in [1.29, 1.82) is 0 Å². The van der Waals surface area contributed by atoms with Crippen LogP contribution in [0.4, 0.5) is 0 Å². The Kier molecular flexibility index (Phi) is 5.22. The highest BCUT2D eigenvalue weighted by atomic mass is 32.2. The summed E-state index contributed by atoms with van der Waals surface area (Å²) >= 11 is 0.763. The number of aliphatic hydroxyl groups excluding tert-OH is 1. The maximum Gasteiger partial charge on any atom is 0.347 e. The Morgan fingerprint density at radius 2 is 2.10 bits per heavy atom. The van der Waals surface area contributed by atoms with Gasteiger partial charge in [-0.05, 0) is 17.9 Å². The van der Waals surface area contributed by atoms with Gasteiger partial charge in [-0.1, -0.05) is 0 Å². The van der Waals surface area contributed by atoms with Gasteiger partial charge in [0, 0.05) is 0 Å². The third-order valence-corrected chi connectivity index (χ3v) is 5.22. The van der Waals surface area contributed by atoms with Gasteiger partial charge >= 0.3 is 11.9 Å². The van der Waals surface area contributed by atoms with E-state index in [1.54, 1.807) is 0 Å². The first-order valence-electron chi connectivity index (χ1n) is 5.27. The lowest BCUT2D eigenvalue weighted by Crippen LogP contribution is -2.44. The van der Waals surface area contributed by atoms with Gasteiger partial charge in [0.2, 0.25) is 10.0 Å². The van der Waals surface area contributed by atoms with Gasteiger partial charge in [-0.25, -0.2) is 13.2 Å². The van der Waals surface area contributed by atoms with E-state index in [1.807, 2.05) is 4.72 Å². The van der Waals surface area contributed by atoms with Crippen molar-refractivity contribution >= 4 is 33.3 Å². The number of carboxylic acids is 1. The normalized spacial score (nSPS) is 12.9. The monoisotopic (exact) mass is 323 g/mol. The van der Waals surface area contributed by atoms with Crippen molar-refractivity contribution in [2.24, 2.45) is 0 Å². The Morgan fingerprint density at radius 3 is 2.55 bits per heavy atom. The number of ether oxygens (including phenoxy) is 1. The van der Waals surface area contributed by atoms with E-state index < -0.39 is 39.5 Å². The van der Waals surface area contributed by atoms with Crippen LogP contribution in [0.1, 0.15) is 15.2 Å². The number of hydrogen-bond donors (Lipinski definition) is 3. The van der Waals surface area contributed by atoms with E-state index in [0.717, 1.165) is 18.4 Å². The lowest BCUT2D eigenvalue weighted by atomic mass is 10.3. The predicted molar refractivity (Wildman–Crippen MR) is 69.2 cm³/mol. The molecular weight excluding hydrogens is 310 g/mol. The van der Waals surface area contributed by atoms with Gasteiger partial charge in [0.1, 0.15) is 15.8 Å². The minimum Gasteiger partial charge on any atom is -0.477 e. The second-order valence-corrected chi connectivity index (χ2v) is 6.29. The summed E-state index contributed by atoms with van der Waals surface area (Å²) in [6.45, 7) is 0.626. The van der Waals surface area contributed by atoms with Crippen molar-refractivity contribution in [2.75, 3.05) is 13.7 Å². The van der Waals surface area contributed by atoms with Crippen LogP contribution in [0, 0.1) is 6.92 Å². The first kappa shape index (κ1) is 16.6. The fourth-order valence-corrected chi connectivity index (χ4v) is 4.27. The van der Waals surface area contributed by atoms with Gasteiger partial charge in [-0.2, -0.15) is 4.72 Å². The largest absolute Gasteiger partial charge is 0.477 e. The summed E-state index contributed by atoms with van der Waals surface area (Å²) in [4.78, 5) is 21.5. The molecule has 0 saturated carbocycles. The summed E-state index contributed by atoms with van der Waals surface area (Å²) in [5.74, 6) is -2.36. The molecule has 20 heavy (non-hydrogen) atoms. The number of aryl methyl sites for hydroxylation is 1. The van der Waals surface area contributed by atoms with Gasteiger partial charge in [0.05, 0.1) is 13.7 Å². The number of sulfonamides is 1. The molecule has 3 N–H and O–H groups in total. The number of thiophene rings is 1. The van der Waals surface area contributed by atoms with Crippen LogP contribution >= 0.6 is 11.3 Å². The number of aliphatic hydroxyl groups is 1. The number of carbonyl (C=O) groups excluding carboxylic acids is 1. The molecule has 0 aliphatic rings. The predicted octanol–water partition coefficient (Wildman–Crippen LogP) is -0.433. The van der Waals surface area contributed by atoms with Crippen LogP contribution < -0.4 is 4.72 Å². The Hall–Kier alpha value is -1.49. The zero-order chi connectivity index (χ0) is 15.5. The lowest BCUT2D eigenvalue weighted by Gasteiger charge is -2.14. The molecule has 1 heterocycles. The molecule has 0 spiro atoms. The van der Waals surface area contributed by atoms with Crippen molar-refractivity contribution in [3.05, 3.63) is 15.8 Å². The molecular formula is C10H13NO7S2. The van der Waals surface area contributed by atoms with E-state index in [2.05, 4.69) is 4.74 Å². The number of methoxy groups -OCH3 is 1. The number of nitrogens with one attached hydrogen (secondary N) is 1. The molecule has 0 aromatic carbocycles. The molecule has 10 heteroatoms. The fraction of sp³-hybridized carbons (Fsp3) is 0.400. The summed E-state index contributed by atoms with van der Waals surface area (Å²) < 4.78 is 30.5. The van der Waals surface area contributed by atoms with Crippen LogP contribution in [-0.4, -0.2) is 50.3 Å². The number of hydrogen-bond acceptors (Lipinski definition) is 7. The average Bonchev–Trinajstić information content (AvgIpc) is 2.78. The molecule has 0 bridgehead atoms. The SMILES string of the molecule is COC(=O)C(CO)NS(=O)(=O)c1c(C)csc1C(=O)O. The van der Waals surface area contributed by atoms with Crippen LogP contribution in [0.15, 0.2) is 10.3 Å². The van der Waals surface area contributed by atoms with Crippen molar-refractivity contribution in [3.8, 4) is 0 Å². The first-order valence-corrected chi connectivity index (χ1v) is 7.63. The highest BCUT2D eigenvalue weighted by Crippen LogP contribution is 2.26. The standard InChI is InChI=1S/C10H13NO7S2/c1-5-4-19-7(9(13)14)8(5)20(16,17)11-6(3-12)10(15)18-2/h4,6,11-12H,3H2,1-2H3,(H,13,14). The zero-order valence-electron chi connectivity index (χ0n) is 10.6. The molecule has 1 atom stereocenters. The minimum atomic E-state index is -4.27. The second-order valence-electron chi connectivity index (χ2n) is 3.76. The molecule has 0 amide bonds. The van der Waals surface area contributed by atoms with Crippen LogP contribution in [0.25, 0.3) is 0 Å². The molecule has 8 nitrogen and oxygen atoms in total. The Morgan fingerprint density at radius 1 is 1.50 bits per heavy atom. The third kappa shape index (κ3) is 3.33. The van der Waals surface area contributed by atoms with Crippen molar-refractivity contribution in [1.82, 2.24) is 4.72 Å². The summed E-state index contributed by atoms with van der Waals surface area (Å²) in [5, 5.41) is 19.3. The summed E-state index contributed by atoms with van der Waals surface area (Å²) in [6, 6.07) is -1.49. The lowest BCUT2D eigenvalue weighted by molar-refractivity contribution is -0.143. The van der Waals surface area contributed by atoms with E-state index in [1.165, 1.54) is 12.3 Å². The van der Waals surface area contributed by atoms with E-state index in [4.69, 9.17) is 10.2 Å². The molecule has 0 aliphatic heterocycles. The third-order valence-electron chi connectivity index (χ3n) is 2.35. The Labute approximate surface area is 119 Å². The van der Waals surface area contributed by atoms with Gasteiger partial charge in [-0.3, -0.25) is 4.79 Å². The second kappa shape index (κ2) is 6.31. The smallest absolute Gasteiger partial charge is 0.347 e. The average molecular weight is 323 g/mol. The maximum absolute atomic E-state index is 12.1. The zero-order valence-corrected chi connectivity index (χ0v) is 12.2. The molecule has 0 aliphatic carbocycles. The maximum atomic E-state index is 12.1. The van der Waals surface area contributed by atoms with Gasteiger partial charge in [-0.15, -0.1) is 11.3 Å². The number of aromatic carboxylic acids is 1. The minimum absolute atomic E-state index is 0.237. The molecule has 0 fully saturated rings. The van der Waals surface area contributed by atoms with Gasteiger partial charge in [0.15, 0.2) is 0 Å². The molecule has 1 aromatic heterocycles. The number of carbonyl (C=O) groups is 2. The highest BCUT2D eigenvalue weighted by molar-refractivity contribution is 7.89. The first-order chi connectivity index (χ1) is 9.24. The molecule has 1 rings (SSSR count). The molecule has 112 valence electrons. The molecule has 1 unspecified atom stereocenters. The van der Waals surface area contributed by atoms with Crippen molar-refractivity contribution in [2.45, 2.75) is 17.9 Å². The fourth-order valence-electron chi connectivity index (χ4n) is 1.46. The number of carboxylic acid groups (broad SMARTS) is 1. The van der Waals surface area contributed by atoms with Crippen molar-refractivity contribution < 1.29 is 33.0 Å². The van der Waals surface area contributed by atoms with E-state index in [-0.39, 0.29) is 10.4 Å². The summed E-state index contributed by atoms with van der Waals surface area (Å²) in [5.41, 5.74) is 0.237. The molecule has 1 aromatic rings.